The maximum Gasteiger partial charge on any atom is 0.191 e. The van der Waals surface area contributed by atoms with Crippen LogP contribution in [0.25, 0.3) is 11.0 Å². The van der Waals surface area contributed by atoms with Gasteiger partial charge in [-0.05, 0) is 42.0 Å². The van der Waals surface area contributed by atoms with Gasteiger partial charge < -0.3 is 9.88 Å². The lowest BCUT2D eigenvalue weighted by Crippen LogP contribution is -2.08. The first-order chi connectivity index (χ1) is 13.7. The number of rotatable bonds is 7. The second-order valence-electron chi connectivity index (χ2n) is 6.53. The van der Waals surface area contributed by atoms with Gasteiger partial charge >= 0.3 is 0 Å². The van der Waals surface area contributed by atoms with Gasteiger partial charge in [0.25, 0.3) is 0 Å². The van der Waals surface area contributed by atoms with Crippen LogP contribution in [0.1, 0.15) is 11.1 Å². The van der Waals surface area contributed by atoms with Crippen LogP contribution in [0, 0.1) is 5.82 Å². The Labute approximate surface area is 167 Å². The molecule has 0 atom stereocenters. The van der Waals surface area contributed by atoms with Crippen molar-refractivity contribution in [3.05, 3.63) is 83.8 Å². The molecule has 0 amide bonds. The summed E-state index contributed by atoms with van der Waals surface area (Å²) in [6.07, 6.45) is 4.91. The summed E-state index contributed by atoms with van der Waals surface area (Å²) in [4.78, 5) is 9.36. The Morgan fingerprint density at radius 1 is 0.964 bits per heavy atom. The Morgan fingerprint density at radius 3 is 2.50 bits per heavy atom. The van der Waals surface area contributed by atoms with Gasteiger partial charge in [0.2, 0.25) is 0 Å². The summed E-state index contributed by atoms with van der Waals surface area (Å²) in [6.45, 7) is 1.44. The van der Waals surface area contributed by atoms with Crippen molar-refractivity contribution >= 4 is 28.6 Å². The number of halogens is 1. The summed E-state index contributed by atoms with van der Waals surface area (Å²) >= 11 is 1.52. The highest BCUT2D eigenvalue weighted by atomic mass is 32.2. The Morgan fingerprint density at radius 2 is 1.75 bits per heavy atom. The van der Waals surface area contributed by atoms with Crippen LogP contribution in [0.5, 0.6) is 0 Å². The fraction of sp³-hybridized carbons (Fsp3) is 0.182. The molecule has 4 aromatic rings. The van der Waals surface area contributed by atoms with E-state index in [9.17, 15) is 4.39 Å². The molecule has 4 rings (SSSR count). The largest absolute Gasteiger partial charge is 0.369 e. The van der Waals surface area contributed by atoms with Crippen molar-refractivity contribution in [2.75, 3.05) is 18.1 Å². The molecule has 0 radical (unpaired) electrons. The zero-order chi connectivity index (χ0) is 19.3. The van der Waals surface area contributed by atoms with Gasteiger partial charge in [-0.1, -0.05) is 54.2 Å². The summed E-state index contributed by atoms with van der Waals surface area (Å²) in [7, 11) is 0. The third-order valence-corrected chi connectivity index (χ3v) is 5.14. The van der Waals surface area contributed by atoms with E-state index in [4.69, 9.17) is 4.98 Å². The molecule has 28 heavy (non-hydrogen) atoms. The summed E-state index contributed by atoms with van der Waals surface area (Å²) in [6, 6.07) is 19.0. The minimum Gasteiger partial charge on any atom is -0.369 e. The summed E-state index contributed by atoms with van der Waals surface area (Å²) < 4.78 is 15.2. The minimum absolute atomic E-state index is 0.224. The van der Waals surface area contributed by atoms with Gasteiger partial charge in [-0.3, -0.25) is 0 Å². The standard InChI is InChI=1S/C22H21FN4S/c1-28-22-25-20(24-13-11-16-5-3-2-4-6-16)19-12-14-27(21(19)26-22)15-17-7-9-18(23)10-8-17/h2-10,12,14H,11,13,15H2,1H3,(H,24,25,26). The average Bonchev–Trinajstić information content (AvgIpc) is 3.13. The Kier molecular flexibility index (Phi) is 5.58. The third kappa shape index (κ3) is 4.17. The van der Waals surface area contributed by atoms with Crippen LogP contribution in [-0.2, 0) is 13.0 Å². The SMILES string of the molecule is CSc1nc(NCCc2ccccc2)c2ccn(Cc3ccc(F)cc3)c2n1. The molecule has 2 aromatic heterocycles. The monoisotopic (exact) mass is 392 g/mol. The van der Waals surface area contributed by atoms with Crippen LogP contribution in [-0.4, -0.2) is 27.3 Å². The molecule has 0 saturated heterocycles. The molecule has 0 bridgehead atoms. The number of thioether (sulfide) groups is 1. The zero-order valence-electron chi connectivity index (χ0n) is 15.6. The molecule has 0 unspecified atom stereocenters. The van der Waals surface area contributed by atoms with E-state index in [-0.39, 0.29) is 5.82 Å². The smallest absolute Gasteiger partial charge is 0.191 e. The molecule has 0 fully saturated rings. The van der Waals surface area contributed by atoms with Crippen LogP contribution in [0.4, 0.5) is 10.2 Å². The zero-order valence-corrected chi connectivity index (χ0v) is 16.4. The van der Waals surface area contributed by atoms with Gasteiger partial charge in [0.1, 0.15) is 17.3 Å². The molecule has 0 aliphatic rings. The highest BCUT2D eigenvalue weighted by Gasteiger charge is 2.12. The van der Waals surface area contributed by atoms with Crippen molar-refractivity contribution in [3.63, 3.8) is 0 Å². The molecule has 6 heteroatoms. The highest BCUT2D eigenvalue weighted by molar-refractivity contribution is 7.98. The fourth-order valence-corrected chi connectivity index (χ4v) is 3.52. The van der Waals surface area contributed by atoms with E-state index in [1.807, 2.05) is 24.6 Å². The van der Waals surface area contributed by atoms with Gasteiger partial charge in [-0.2, -0.15) is 0 Å². The minimum atomic E-state index is -0.224. The molecule has 2 heterocycles. The number of hydrogen-bond acceptors (Lipinski definition) is 4. The van der Waals surface area contributed by atoms with E-state index < -0.39 is 0 Å². The quantitative estimate of drug-likeness (QED) is 0.355. The normalized spacial score (nSPS) is 11.1. The molecule has 0 saturated carbocycles. The topological polar surface area (TPSA) is 42.7 Å². The highest BCUT2D eigenvalue weighted by Crippen LogP contribution is 2.25. The molecule has 4 nitrogen and oxygen atoms in total. The predicted molar refractivity (Wildman–Crippen MR) is 113 cm³/mol. The number of nitrogens with one attached hydrogen (secondary N) is 1. The van der Waals surface area contributed by atoms with E-state index in [2.05, 4.69) is 39.1 Å². The average molecular weight is 393 g/mol. The Balaban J connectivity index is 1.58. The van der Waals surface area contributed by atoms with Gasteiger partial charge in [-0.25, -0.2) is 14.4 Å². The summed E-state index contributed by atoms with van der Waals surface area (Å²) in [5.74, 6) is 0.626. The van der Waals surface area contributed by atoms with E-state index in [1.54, 1.807) is 12.1 Å². The van der Waals surface area contributed by atoms with Crippen molar-refractivity contribution in [1.82, 2.24) is 14.5 Å². The molecule has 2 aromatic carbocycles. The lowest BCUT2D eigenvalue weighted by Gasteiger charge is -2.10. The molecular formula is C22H21FN4S. The number of hydrogen-bond donors (Lipinski definition) is 1. The first-order valence-electron chi connectivity index (χ1n) is 9.16. The van der Waals surface area contributed by atoms with Crippen LogP contribution in [0.3, 0.4) is 0 Å². The molecule has 0 spiro atoms. The first kappa shape index (κ1) is 18.5. The lowest BCUT2D eigenvalue weighted by molar-refractivity contribution is 0.626. The molecular weight excluding hydrogens is 371 g/mol. The molecule has 0 aliphatic carbocycles. The van der Waals surface area contributed by atoms with Crippen molar-refractivity contribution in [1.29, 1.82) is 0 Å². The number of fused-ring (bicyclic) bond motifs is 1. The fourth-order valence-electron chi connectivity index (χ4n) is 3.16. The van der Waals surface area contributed by atoms with Crippen molar-refractivity contribution in [2.24, 2.45) is 0 Å². The number of benzene rings is 2. The second kappa shape index (κ2) is 8.44. The second-order valence-corrected chi connectivity index (χ2v) is 7.30. The molecule has 1 N–H and O–H groups in total. The van der Waals surface area contributed by atoms with Crippen LogP contribution in [0.2, 0.25) is 0 Å². The van der Waals surface area contributed by atoms with Crippen LogP contribution >= 0.6 is 11.8 Å². The van der Waals surface area contributed by atoms with Crippen molar-refractivity contribution in [2.45, 2.75) is 18.1 Å². The molecule has 0 aliphatic heterocycles. The maximum atomic E-state index is 13.2. The van der Waals surface area contributed by atoms with Crippen LogP contribution < -0.4 is 5.32 Å². The van der Waals surface area contributed by atoms with Gasteiger partial charge in [0, 0.05) is 19.3 Å². The summed E-state index contributed by atoms with van der Waals surface area (Å²) in [5.41, 5.74) is 3.20. The van der Waals surface area contributed by atoms with Gasteiger partial charge in [-0.15, -0.1) is 0 Å². The Bertz CT molecular complexity index is 1060. The van der Waals surface area contributed by atoms with E-state index >= 15 is 0 Å². The number of aromatic nitrogens is 3. The van der Waals surface area contributed by atoms with Gasteiger partial charge in [0.15, 0.2) is 5.16 Å². The third-order valence-electron chi connectivity index (χ3n) is 4.60. The number of nitrogens with zero attached hydrogens (tertiary/aromatic N) is 3. The predicted octanol–water partition coefficient (Wildman–Crippen LogP) is 5.00. The van der Waals surface area contributed by atoms with E-state index in [0.29, 0.717) is 6.54 Å². The maximum absolute atomic E-state index is 13.2. The molecule has 142 valence electrons. The van der Waals surface area contributed by atoms with Crippen molar-refractivity contribution in [3.8, 4) is 0 Å². The Hall–Kier alpha value is -2.86. The lowest BCUT2D eigenvalue weighted by atomic mass is 10.1. The first-order valence-corrected chi connectivity index (χ1v) is 10.4. The van der Waals surface area contributed by atoms with Crippen molar-refractivity contribution < 1.29 is 4.39 Å². The summed E-state index contributed by atoms with van der Waals surface area (Å²) in [5, 5.41) is 5.19. The number of anilines is 1. The van der Waals surface area contributed by atoms with E-state index in [0.717, 1.165) is 40.5 Å². The van der Waals surface area contributed by atoms with Gasteiger partial charge in [0.05, 0.1) is 5.39 Å². The van der Waals surface area contributed by atoms with Crippen LogP contribution in [0.15, 0.2) is 72.0 Å². The van der Waals surface area contributed by atoms with E-state index in [1.165, 1.54) is 29.5 Å².